The molecule has 6 heteroatoms. The summed E-state index contributed by atoms with van der Waals surface area (Å²) in [6, 6.07) is 17.2. The van der Waals surface area contributed by atoms with Crippen molar-refractivity contribution in [3.63, 3.8) is 0 Å². The van der Waals surface area contributed by atoms with Crippen LogP contribution in [-0.4, -0.2) is 14.8 Å². The highest BCUT2D eigenvalue weighted by atomic mass is 32.2. The van der Waals surface area contributed by atoms with Crippen molar-refractivity contribution in [2.24, 2.45) is 0 Å². The summed E-state index contributed by atoms with van der Waals surface area (Å²) in [7, 11) is 0. The first kappa shape index (κ1) is 17.5. The maximum atomic E-state index is 14.3. The maximum absolute atomic E-state index is 14.3. The summed E-state index contributed by atoms with van der Waals surface area (Å²) in [6.45, 7) is 3.95. The van der Waals surface area contributed by atoms with Crippen molar-refractivity contribution in [3.05, 3.63) is 77.9 Å². The minimum absolute atomic E-state index is 0.219. The zero-order chi connectivity index (χ0) is 18.8. The smallest absolute Gasteiger partial charge is 0.140 e. The molecule has 2 aromatic heterocycles. The molecular formula is C21H19FN4S. The Bertz CT molecular complexity index is 1100. The largest absolute Gasteiger partial charge is 0.310 e. The lowest BCUT2D eigenvalue weighted by molar-refractivity contribution is 0.600. The third-order valence-corrected chi connectivity index (χ3v) is 5.21. The van der Waals surface area contributed by atoms with Crippen LogP contribution >= 0.6 is 11.9 Å². The molecule has 0 unspecified atom stereocenters. The second-order valence-corrected chi connectivity index (χ2v) is 7.10. The van der Waals surface area contributed by atoms with Gasteiger partial charge < -0.3 is 4.72 Å². The molecule has 4 rings (SSSR count). The van der Waals surface area contributed by atoms with Gasteiger partial charge in [0.05, 0.1) is 21.8 Å². The van der Waals surface area contributed by atoms with Gasteiger partial charge in [0.25, 0.3) is 0 Å². The number of nitrogens with one attached hydrogen (secondary N) is 1. The standard InChI is InChI=1S/C21H19FN4S/c1-3-15-9-10-20(17(22)13-15)27-25-21-12-14(2)24-26(21)19-8-4-7-18-16(19)6-5-11-23-18/h4-13,25H,3H2,1-2H3. The normalized spacial score (nSPS) is 11.1. The summed E-state index contributed by atoms with van der Waals surface area (Å²) in [5, 5.41) is 5.62. The van der Waals surface area contributed by atoms with Gasteiger partial charge in [0.2, 0.25) is 0 Å². The molecule has 27 heavy (non-hydrogen) atoms. The molecule has 2 aromatic carbocycles. The molecule has 2 heterocycles. The Kier molecular flexibility index (Phi) is 4.81. The number of anilines is 1. The number of halogens is 1. The minimum Gasteiger partial charge on any atom is -0.310 e. The van der Waals surface area contributed by atoms with E-state index in [-0.39, 0.29) is 5.82 Å². The Balaban J connectivity index is 1.67. The number of aromatic nitrogens is 3. The number of rotatable bonds is 5. The number of pyridine rings is 1. The molecule has 0 aliphatic heterocycles. The first-order chi connectivity index (χ1) is 13.2. The third-order valence-electron chi connectivity index (χ3n) is 4.35. The van der Waals surface area contributed by atoms with Crippen molar-refractivity contribution in [1.82, 2.24) is 14.8 Å². The van der Waals surface area contributed by atoms with E-state index in [1.807, 2.05) is 61.0 Å². The highest BCUT2D eigenvalue weighted by Gasteiger charge is 2.12. The lowest BCUT2D eigenvalue weighted by atomic mass is 10.2. The fourth-order valence-corrected chi connectivity index (χ4v) is 3.63. The van der Waals surface area contributed by atoms with Crippen LogP contribution in [0.2, 0.25) is 0 Å². The molecule has 4 aromatic rings. The third kappa shape index (κ3) is 3.53. The van der Waals surface area contributed by atoms with Gasteiger partial charge in [-0.15, -0.1) is 0 Å². The van der Waals surface area contributed by atoms with Crippen molar-refractivity contribution in [2.75, 3.05) is 4.72 Å². The van der Waals surface area contributed by atoms with E-state index < -0.39 is 0 Å². The Morgan fingerprint density at radius 3 is 2.81 bits per heavy atom. The highest BCUT2D eigenvalue weighted by molar-refractivity contribution is 8.00. The van der Waals surface area contributed by atoms with Crippen LogP contribution in [0, 0.1) is 12.7 Å². The lowest BCUT2D eigenvalue weighted by Gasteiger charge is -2.12. The van der Waals surface area contributed by atoms with Crippen LogP contribution in [0.4, 0.5) is 10.2 Å². The number of hydrogen-bond donors (Lipinski definition) is 1. The van der Waals surface area contributed by atoms with Crippen molar-refractivity contribution >= 4 is 28.7 Å². The molecule has 0 bridgehead atoms. The molecule has 0 saturated heterocycles. The van der Waals surface area contributed by atoms with E-state index in [4.69, 9.17) is 0 Å². The molecule has 136 valence electrons. The van der Waals surface area contributed by atoms with Crippen LogP contribution in [0.1, 0.15) is 18.2 Å². The fraction of sp³-hybridized carbons (Fsp3) is 0.143. The second kappa shape index (κ2) is 7.40. The van der Waals surface area contributed by atoms with Gasteiger partial charge in [0.15, 0.2) is 0 Å². The quantitative estimate of drug-likeness (QED) is 0.462. The molecular weight excluding hydrogens is 359 g/mol. The zero-order valence-electron chi connectivity index (χ0n) is 15.1. The van der Waals surface area contributed by atoms with Crippen molar-refractivity contribution in [3.8, 4) is 5.69 Å². The highest BCUT2D eigenvalue weighted by Crippen LogP contribution is 2.29. The molecule has 0 saturated carbocycles. The first-order valence-electron chi connectivity index (χ1n) is 8.78. The summed E-state index contributed by atoms with van der Waals surface area (Å²) in [5.41, 5.74) is 3.70. The van der Waals surface area contributed by atoms with E-state index in [0.717, 1.165) is 40.1 Å². The number of fused-ring (bicyclic) bond motifs is 1. The van der Waals surface area contributed by atoms with Gasteiger partial charge in [0.1, 0.15) is 11.6 Å². The van der Waals surface area contributed by atoms with Crippen LogP contribution in [0.15, 0.2) is 65.7 Å². The van der Waals surface area contributed by atoms with Crippen molar-refractivity contribution in [1.29, 1.82) is 0 Å². The summed E-state index contributed by atoms with van der Waals surface area (Å²) in [5.74, 6) is 0.566. The Morgan fingerprint density at radius 1 is 1.11 bits per heavy atom. The van der Waals surface area contributed by atoms with Gasteiger partial charge in [0, 0.05) is 17.6 Å². The minimum atomic E-state index is -0.219. The molecule has 0 spiro atoms. The molecule has 0 atom stereocenters. The van der Waals surface area contributed by atoms with E-state index >= 15 is 0 Å². The Labute approximate surface area is 161 Å². The number of nitrogens with zero attached hydrogens (tertiary/aromatic N) is 3. The van der Waals surface area contributed by atoms with Gasteiger partial charge in [-0.1, -0.05) is 19.1 Å². The summed E-state index contributed by atoms with van der Waals surface area (Å²) in [4.78, 5) is 4.96. The summed E-state index contributed by atoms with van der Waals surface area (Å²) < 4.78 is 19.4. The number of hydrogen-bond acceptors (Lipinski definition) is 4. The van der Waals surface area contributed by atoms with Crippen molar-refractivity contribution < 1.29 is 4.39 Å². The molecule has 4 nitrogen and oxygen atoms in total. The fourth-order valence-electron chi connectivity index (χ4n) is 2.98. The Morgan fingerprint density at radius 2 is 2.00 bits per heavy atom. The molecule has 0 radical (unpaired) electrons. The summed E-state index contributed by atoms with van der Waals surface area (Å²) >= 11 is 1.25. The average molecular weight is 378 g/mol. The Hall–Kier alpha value is -2.86. The van der Waals surface area contributed by atoms with Crippen LogP contribution in [0.25, 0.3) is 16.6 Å². The van der Waals surface area contributed by atoms with Gasteiger partial charge in [-0.05, 0) is 67.3 Å². The lowest BCUT2D eigenvalue weighted by Crippen LogP contribution is -2.03. The number of benzene rings is 2. The molecule has 0 aliphatic carbocycles. The van der Waals surface area contributed by atoms with E-state index in [1.54, 1.807) is 18.3 Å². The maximum Gasteiger partial charge on any atom is 0.140 e. The second-order valence-electron chi connectivity index (χ2n) is 6.25. The van der Waals surface area contributed by atoms with E-state index in [2.05, 4.69) is 14.8 Å². The van der Waals surface area contributed by atoms with E-state index in [9.17, 15) is 4.39 Å². The van der Waals surface area contributed by atoms with Gasteiger partial charge in [-0.3, -0.25) is 4.98 Å². The SMILES string of the molecule is CCc1ccc(SNc2cc(C)nn2-c2cccc3ncccc23)c(F)c1. The average Bonchev–Trinajstić information content (AvgIpc) is 3.06. The van der Waals surface area contributed by atoms with E-state index in [1.165, 1.54) is 11.9 Å². The predicted octanol–water partition coefficient (Wildman–Crippen LogP) is 5.55. The number of aryl methyl sites for hydroxylation is 2. The molecule has 0 aliphatic rings. The van der Waals surface area contributed by atoms with Gasteiger partial charge in [-0.2, -0.15) is 5.10 Å². The molecule has 1 N–H and O–H groups in total. The van der Waals surface area contributed by atoms with Gasteiger partial charge >= 0.3 is 0 Å². The van der Waals surface area contributed by atoms with Crippen molar-refractivity contribution in [2.45, 2.75) is 25.2 Å². The van der Waals surface area contributed by atoms with Crippen LogP contribution < -0.4 is 4.72 Å². The predicted molar refractivity (Wildman–Crippen MR) is 109 cm³/mol. The van der Waals surface area contributed by atoms with Crippen LogP contribution in [0.3, 0.4) is 0 Å². The van der Waals surface area contributed by atoms with Crippen LogP contribution in [0.5, 0.6) is 0 Å². The molecule has 0 amide bonds. The monoisotopic (exact) mass is 378 g/mol. The van der Waals surface area contributed by atoms with E-state index in [0.29, 0.717) is 4.90 Å². The van der Waals surface area contributed by atoms with Crippen LogP contribution in [-0.2, 0) is 6.42 Å². The molecule has 0 fully saturated rings. The first-order valence-corrected chi connectivity index (χ1v) is 9.59. The summed E-state index contributed by atoms with van der Waals surface area (Å²) in [6.07, 6.45) is 2.59. The zero-order valence-corrected chi connectivity index (χ0v) is 15.9. The topological polar surface area (TPSA) is 42.7 Å². The van der Waals surface area contributed by atoms with Gasteiger partial charge in [-0.25, -0.2) is 9.07 Å².